The third-order valence-corrected chi connectivity index (χ3v) is 2.91. The van der Waals surface area contributed by atoms with Crippen LogP contribution in [0.15, 0.2) is 18.2 Å². The fourth-order valence-corrected chi connectivity index (χ4v) is 1.62. The molecule has 0 fully saturated rings. The van der Waals surface area contributed by atoms with Gasteiger partial charge in [-0.3, -0.25) is 4.79 Å². The molecule has 6 nitrogen and oxygen atoms in total. The van der Waals surface area contributed by atoms with Gasteiger partial charge in [0.25, 0.3) is 0 Å². The van der Waals surface area contributed by atoms with E-state index in [1.54, 1.807) is 7.05 Å². The predicted molar refractivity (Wildman–Crippen MR) is 67.0 cm³/mol. The highest BCUT2D eigenvalue weighted by Crippen LogP contribution is 2.17. The number of benzene rings is 1. The summed E-state index contributed by atoms with van der Waals surface area (Å²) in [6.45, 7) is 3.99. The monoisotopic (exact) mass is 245 g/mol. The Bertz CT molecular complexity index is 576. The van der Waals surface area contributed by atoms with Gasteiger partial charge >= 0.3 is 0 Å². The van der Waals surface area contributed by atoms with Gasteiger partial charge in [-0.2, -0.15) is 0 Å². The molecule has 2 rings (SSSR count). The molecule has 1 aromatic heterocycles. The highest BCUT2D eigenvalue weighted by Gasteiger charge is 2.10. The molecule has 2 aromatic rings. The number of aromatic nitrogens is 4. The van der Waals surface area contributed by atoms with Crippen LogP contribution in [0.4, 0.5) is 5.69 Å². The van der Waals surface area contributed by atoms with Crippen LogP contribution in [0.3, 0.4) is 0 Å². The summed E-state index contributed by atoms with van der Waals surface area (Å²) >= 11 is 0. The number of carbonyl (C=O) groups excluding carboxylic acids is 1. The molecule has 0 radical (unpaired) electrons. The van der Waals surface area contributed by atoms with E-state index in [-0.39, 0.29) is 12.3 Å². The molecule has 1 amide bonds. The normalized spacial score (nSPS) is 10.4. The number of aryl methyl sites for hydroxylation is 2. The molecule has 94 valence electrons. The van der Waals surface area contributed by atoms with Crippen LogP contribution in [0.2, 0.25) is 0 Å². The minimum absolute atomic E-state index is 0.124. The van der Waals surface area contributed by atoms with E-state index in [4.69, 9.17) is 0 Å². The Morgan fingerprint density at radius 3 is 2.83 bits per heavy atom. The summed E-state index contributed by atoms with van der Waals surface area (Å²) in [5.41, 5.74) is 3.05. The number of tetrazole rings is 1. The van der Waals surface area contributed by atoms with Crippen LogP contribution in [0.1, 0.15) is 17.0 Å². The van der Waals surface area contributed by atoms with E-state index in [2.05, 4.69) is 20.8 Å². The standard InChI is InChI=1S/C12H15N5O/c1-8-5-4-6-10(9(8)2)13-12(18)7-11-14-15-16-17(11)3/h4-6H,7H2,1-3H3,(H,13,18). The van der Waals surface area contributed by atoms with Gasteiger partial charge in [-0.15, -0.1) is 5.10 Å². The second kappa shape index (κ2) is 4.95. The van der Waals surface area contributed by atoms with Crippen molar-refractivity contribution in [2.24, 2.45) is 7.05 Å². The van der Waals surface area contributed by atoms with E-state index >= 15 is 0 Å². The highest BCUT2D eigenvalue weighted by molar-refractivity contribution is 5.92. The lowest BCUT2D eigenvalue weighted by Gasteiger charge is -2.09. The summed E-state index contributed by atoms with van der Waals surface area (Å²) in [7, 11) is 1.71. The van der Waals surface area contributed by atoms with E-state index in [0.29, 0.717) is 5.82 Å². The van der Waals surface area contributed by atoms with Crippen molar-refractivity contribution in [2.75, 3.05) is 5.32 Å². The molecule has 1 aromatic carbocycles. The largest absolute Gasteiger partial charge is 0.325 e. The number of hydrogen-bond donors (Lipinski definition) is 1. The van der Waals surface area contributed by atoms with E-state index in [9.17, 15) is 4.79 Å². The van der Waals surface area contributed by atoms with Crippen molar-refractivity contribution in [3.63, 3.8) is 0 Å². The van der Waals surface area contributed by atoms with Crippen LogP contribution in [-0.4, -0.2) is 26.1 Å². The van der Waals surface area contributed by atoms with Crippen LogP contribution in [0.25, 0.3) is 0 Å². The third-order valence-electron chi connectivity index (χ3n) is 2.91. The molecule has 0 saturated carbocycles. The lowest BCUT2D eigenvalue weighted by Crippen LogP contribution is -2.17. The van der Waals surface area contributed by atoms with Gasteiger partial charge in [0.15, 0.2) is 5.82 Å². The summed E-state index contributed by atoms with van der Waals surface area (Å²) in [5.74, 6) is 0.416. The Morgan fingerprint density at radius 1 is 1.39 bits per heavy atom. The summed E-state index contributed by atoms with van der Waals surface area (Å²) < 4.78 is 1.49. The quantitative estimate of drug-likeness (QED) is 0.875. The summed E-state index contributed by atoms with van der Waals surface area (Å²) in [4.78, 5) is 11.9. The Kier molecular flexibility index (Phi) is 3.36. The van der Waals surface area contributed by atoms with Gasteiger partial charge < -0.3 is 5.32 Å². The zero-order valence-electron chi connectivity index (χ0n) is 10.6. The number of amides is 1. The molecule has 1 N–H and O–H groups in total. The fourth-order valence-electron chi connectivity index (χ4n) is 1.62. The maximum Gasteiger partial charge on any atom is 0.232 e. The van der Waals surface area contributed by atoms with Crippen molar-refractivity contribution in [1.82, 2.24) is 20.2 Å². The van der Waals surface area contributed by atoms with Gasteiger partial charge in [-0.25, -0.2) is 4.68 Å². The van der Waals surface area contributed by atoms with Crippen LogP contribution in [0, 0.1) is 13.8 Å². The van der Waals surface area contributed by atoms with E-state index in [0.717, 1.165) is 16.8 Å². The summed E-state index contributed by atoms with van der Waals surface area (Å²) in [6.07, 6.45) is 0.164. The lowest BCUT2D eigenvalue weighted by atomic mass is 10.1. The van der Waals surface area contributed by atoms with Gasteiger partial charge in [-0.1, -0.05) is 12.1 Å². The van der Waals surface area contributed by atoms with Crippen LogP contribution >= 0.6 is 0 Å². The molecule has 0 unspecified atom stereocenters. The topological polar surface area (TPSA) is 72.7 Å². The van der Waals surface area contributed by atoms with E-state index in [1.807, 2.05) is 32.0 Å². The Labute approximate surface area is 105 Å². The minimum atomic E-state index is -0.124. The zero-order chi connectivity index (χ0) is 13.1. The van der Waals surface area contributed by atoms with Crippen molar-refractivity contribution >= 4 is 11.6 Å². The molecule has 0 aliphatic rings. The van der Waals surface area contributed by atoms with E-state index in [1.165, 1.54) is 4.68 Å². The van der Waals surface area contributed by atoms with E-state index < -0.39 is 0 Å². The average Bonchev–Trinajstić information content (AvgIpc) is 2.71. The van der Waals surface area contributed by atoms with Crippen LogP contribution < -0.4 is 5.32 Å². The van der Waals surface area contributed by atoms with Crippen molar-refractivity contribution in [1.29, 1.82) is 0 Å². The predicted octanol–water partition coefficient (Wildman–Crippen LogP) is 1.01. The van der Waals surface area contributed by atoms with Crippen molar-refractivity contribution in [2.45, 2.75) is 20.3 Å². The molecular weight excluding hydrogens is 230 g/mol. The van der Waals surface area contributed by atoms with Crippen molar-refractivity contribution in [3.8, 4) is 0 Å². The van der Waals surface area contributed by atoms with Gasteiger partial charge in [0.2, 0.25) is 5.91 Å². The molecule has 0 saturated heterocycles. The first-order valence-corrected chi connectivity index (χ1v) is 5.65. The Morgan fingerprint density at radius 2 is 2.17 bits per heavy atom. The maximum absolute atomic E-state index is 11.9. The number of rotatable bonds is 3. The molecule has 0 bridgehead atoms. The Balaban J connectivity index is 2.08. The smallest absolute Gasteiger partial charge is 0.232 e. The fraction of sp³-hybridized carbons (Fsp3) is 0.333. The molecule has 0 aliphatic carbocycles. The van der Waals surface area contributed by atoms with Crippen LogP contribution in [0.5, 0.6) is 0 Å². The molecule has 18 heavy (non-hydrogen) atoms. The SMILES string of the molecule is Cc1cccc(NC(=O)Cc2nnnn2C)c1C. The highest BCUT2D eigenvalue weighted by atomic mass is 16.1. The number of anilines is 1. The first kappa shape index (κ1) is 12.2. The van der Waals surface area contributed by atoms with Crippen LogP contribution in [-0.2, 0) is 18.3 Å². The van der Waals surface area contributed by atoms with Gasteiger partial charge in [0.1, 0.15) is 0 Å². The Hall–Kier alpha value is -2.24. The second-order valence-electron chi connectivity index (χ2n) is 4.19. The first-order valence-electron chi connectivity index (χ1n) is 5.65. The second-order valence-corrected chi connectivity index (χ2v) is 4.19. The number of nitrogens with one attached hydrogen (secondary N) is 1. The van der Waals surface area contributed by atoms with Gasteiger partial charge in [0, 0.05) is 12.7 Å². The third kappa shape index (κ3) is 2.53. The molecule has 0 aliphatic heterocycles. The van der Waals surface area contributed by atoms with Gasteiger partial charge in [-0.05, 0) is 41.5 Å². The average molecular weight is 245 g/mol. The molecule has 0 atom stereocenters. The summed E-state index contributed by atoms with van der Waals surface area (Å²) in [5, 5.41) is 13.8. The first-order chi connectivity index (χ1) is 8.58. The van der Waals surface area contributed by atoms with Crippen molar-refractivity contribution < 1.29 is 4.79 Å². The minimum Gasteiger partial charge on any atom is -0.325 e. The lowest BCUT2D eigenvalue weighted by molar-refractivity contribution is -0.115. The molecule has 6 heteroatoms. The maximum atomic E-state index is 11.9. The zero-order valence-corrected chi connectivity index (χ0v) is 10.6. The number of carbonyl (C=O) groups is 1. The molecule has 0 spiro atoms. The van der Waals surface area contributed by atoms with Crippen molar-refractivity contribution in [3.05, 3.63) is 35.2 Å². The summed E-state index contributed by atoms with van der Waals surface area (Å²) in [6, 6.07) is 5.81. The molecular formula is C12H15N5O. The van der Waals surface area contributed by atoms with Gasteiger partial charge in [0.05, 0.1) is 6.42 Å². The number of hydrogen-bond acceptors (Lipinski definition) is 4. The number of nitrogens with zero attached hydrogens (tertiary/aromatic N) is 4. The molecule has 1 heterocycles.